The van der Waals surface area contributed by atoms with Crippen LogP contribution in [0, 0.1) is 29.6 Å². The van der Waals surface area contributed by atoms with Gasteiger partial charge in [0.25, 0.3) is 5.91 Å². The number of Topliss-reactive ketones (excluding diaryl/α,β-unsaturated/α-hetero) is 2. The minimum Gasteiger partial charge on any atom is -0.508 e. The molecule has 678 valence electrons. The van der Waals surface area contributed by atoms with Crippen LogP contribution in [0.3, 0.4) is 0 Å². The Labute approximate surface area is 721 Å². The number of carbonyl (C=O) groups is 16. The smallest absolute Gasteiger partial charge is 0.373 e. The Bertz CT molecular complexity index is 3920. The van der Waals surface area contributed by atoms with Gasteiger partial charge in [0, 0.05) is 92.0 Å². The molecule has 37 nitrogen and oxygen atoms in total. The maximum atomic E-state index is 14.8. The molecule has 40 heteroatoms. The number of nitrogens with zero attached hydrogens (tertiary/aromatic N) is 3. The monoisotopic (exact) mass is 1770 g/mol. The lowest BCUT2D eigenvalue weighted by Crippen LogP contribution is -2.50. The first-order valence-corrected chi connectivity index (χ1v) is 44.0. The molecule has 1 saturated heterocycles. The third-order valence-corrected chi connectivity index (χ3v) is 23.3. The number of phenols is 1. The molecule has 2 heterocycles. The fourth-order valence-corrected chi connectivity index (χ4v) is 15.6. The average molecular weight is 1770 g/mol. The van der Waals surface area contributed by atoms with Crippen LogP contribution in [-0.4, -0.2) is 241 Å². The number of ether oxygens (including phenoxy) is 2. The summed E-state index contributed by atoms with van der Waals surface area (Å²) in [5, 5.41) is 78.5. The molecule has 2 aromatic carbocycles. The molecule has 1 aliphatic heterocycles. The highest BCUT2D eigenvalue weighted by atomic mass is 33.1. The van der Waals surface area contributed by atoms with Crippen LogP contribution in [0.25, 0.3) is 0 Å². The van der Waals surface area contributed by atoms with Gasteiger partial charge in [-0.1, -0.05) is 126 Å². The van der Waals surface area contributed by atoms with Crippen LogP contribution >= 0.6 is 32.9 Å². The number of aromatic hydroxyl groups is 1. The fourth-order valence-electron chi connectivity index (χ4n) is 12.9. The molecular formula is C82H121N11O26S3. The number of rotatable bonds is 55. The van der Waals surface area contributed by atoms with E-state index in [1.807, 2.05) is 55.5 Å². The Kier molecular flexibility index (Phi) is 52.2. The highest BCUT2D eigenvalue weighted by Crippen LogP contribution is 2.33. The third-order valence-electron chi connectivity index (χ3n) is 19.7. The highest BCUT2D eigenvalue weighted by Gasteiger charge is 2.40. The first-order valence-electron chi connectivity index (χ1n) is 40.6. The van der Waals surface area contributed by atoms with Crippen molar-refractivity contribution >= 4 is 134 Å². The number of hydrogen-bond acceptors (Lipinski definition) is 26. The largest absolute Gasteiger partial charge is 0.508 e. The number of aliphatic carboxylic acids is 5. The number of likely N-dealkylation sites (N-methyl/N-ethyl adjacent to an activating group) is 1. The van der Waals surface area contributed by atoms with E-state index in [1.54, 1.807) is 72.7 Å². The quantitative estimate of drug-likeness (QED) is 0.0119. The molecule has 0 radical (unpaired) electrons. The van der Waals surface area contributed by atoms with Crippen molar-refractivity contribution in [2.45, 2.75) is 233 Å². The molecular weight excluding hydrogens is 1650 g/mol. The minimum atomic E-state index is -1.62. The molecule has 11 atom stereocenters. The summed E-state index contributed by atoms with van der Waals surface area (Å²) in [6.07, 6.45) is 3.93. The Balaban J connectivity index is 0.000000802. The van der Waals surface area contributed by atoms with Crippen molar-refractivity contribution in [2.75, 3.05) is 58.1 Å². The minimum absolute atomic E-state index is 0.0376. The topological polar surface area (TPSA) is 563 Å². The van der Waals surface area contributed by atoms with Gasteiger partial charge in [-0.3, -0.25) is 62.4 Å². The maximum Gasteiger partial charge on any atom is 0.373 e. The Morgan fingerprint density at radius 3 is 1.87 bits per heavy atom. The SMILES string of the molecule is CCCC(=O)OCN(C(=O)[C@@H](CC(=O)[C@H]1CCCCN1C)C(C)CC)[C@H](C[C@@H](C)c1nc(C(=O)N[C@@H](Cc2ccc(O)cc2)C[C@H](C)C(=O)NCC(=O)OCC)cs1)C(C)C.CCSSC[C@H](NC(=O)[C@H](CC(=O)O)CC(=O)[C@H](CC(=O)O)NC(=O)Cc1ccc(CNC(=O)NCCCC[C@H](NC(=O)NCCCC(=O)O)C(=O)O)cc1)C(=O)O.O=C=O. The first-order chi connectivity index (χ1) is 57.8. The second-order valence-corrected chi connectivity index (χ2v) is 33.5. The zero-order valence-electron chi connectivity index (χ0n) is 70.8. The second kappa shape index (κ2) is 59.2. The van der Waals surface area contributed by atoms with Gasteiger partial charge in [-0.05, 0) is 125 Å². The van der Waals surface area contributed by atoms with Gasteiger partial charge in [0.1, 0.15) is 30.1 Å². The van der Waals surface area contributed by atoms with Crippen LogP contribution in [0.1, 0.15) is 210 Å². The van der Waals surface area contributed by atoms with E-state index in [0.29, 0.717) is 60.4 Å². The third kappa shape index (κ3) is 43.3. The molecule has 0 saturated carbocycles. The molecule has 4 rings (SSSR count). The van der Waals surface area contributed by atoms with E-state index >= 15 is 0 Å². The fraction of sp³-hybridized carbons (Fsp3) is 0.610. The van der Waals surface area contributed by atoms with Gasteiger partial charge >= 0.3 is 60.0 Å². The van der Waals surface area contributed by atoms with Crippen molar-refractivity contribution in [3.05, 3.63) is 81.3 Å². The van der Waals surface area contributed by atoms with Gasteiger partial charge in [0.2, 0.25) is 23.6 Å². The molecule has 1 aromatic heterocycles. The van der Waals surface area contributed by atoms with E-state index in [-0.39, 0.29) is 161 Å². The summed E-state index contributed by atoms with van der Waals surface area (Å²) in [5.41, 5.74) is 2.16. The van der Waals surface area contributed by atoms with Gasteiger partial charge in [-0.2, -0.15) is 9.59 Å². The van der Waals surface area contributed by atoms with E-state index in [2.05, 4.69) is 47.4 Å². The number of esters is 2. The summed E-state index contributed by atoms with van der Waals surface area (Å²) in [6.45, 7) is 18.2. The number of urea groups is 2. The molecule has 0 spiro atoms. The van der Waals surface area contributed by atoms with Crippen molar-refractivity contribution in [3.8, 4) is 5.75 Å². The number of carbonyl (C=O) groups excluding carboxylic acids is 13. The summed E-state index contributed by atoms with van der Waals surface area (Å²) < 4.78 is 10.6. The van der Waals surface area contributed by atoms with Crippen LogP contribution in [0.2, 0.25) is 0 Å². The Morgan fingerprint density at radius 1 is 0.648 bits per heavy atom. The van der Waals surface area contributed by atoms with Gasteiger partial charge < -0.3 is 87.5 Å². The Morgan fingerprint density at radius 2 is 1.28 bits per heavy atom. The molecule has 3 aromatic rings. The van der Waals surface area contributed by atoms with Crippen molar-refractivity contribution in [1.29, 1.82) is 0 Å². The number of likely N-dealkylation sites (tertiary alicyclic amines) is 1. The van der Waals surface area contributed by atoms with E-state index in [9.17, 15) is 102 Å². The summed E-state index contributed by atoms with van der Waals surface area (Å²) in [4.78, 5) is 224. The number of phenolic OH excluding ortho intramolecular Hbond substituents is 1. The summed E-state index contributed by atoms with van der Waals surface area (Å²) in [7, 11) is 4.50. The van der Waals surface area contributed by atoms with Crippen molar-refractivity contribution in [2.24, 2.45) is 29.6 Å². The molecule has 1 fully saturated rings. The number of carboxylic acids is 5. The van der Waals surface area contributed by atoms with Gasteiger partial charge in [0.05, 0.1) is 48.9 Å². The van der Waals surface area contributed by atoms with Crippen molar-refractivity contribution < 1.29 is 126 Å². The normalized spacial score (nSPS) is 14.8. The second-order valence-electron chi connectivity index (χ2n) is 29.8. The van der Waals surface area contributed by atoms with Gasteiger partial charge in [-0.15, -0.1) is 11.3 Å². The number of aromatic nitrogens is 1. The summed E-state index contributed by atoms with van der Waals surface area (Å²) in [6, 6.07) is 6.49. The van der Waals surface area contributed by atoms with E-state index in [0.717, 1.165) is 31.4 Å². The molecule has 1 aliphatic rings. The number of piperidine rings is 1. The van der Waals surface area contributed by atoms with Gasteiger partial charge in [-0.25, -0.2) is 24.2 Å². The number of benzene rings is 2. The van der Waals surface area contributed by atoms with Crippen LogP contribution in [0.5, 0.6) is 5.75 Å². The molecule has 1 unspecified atom stereocenters. The van der Waals surface area contributed by atoms with Crippen molar-refractivity contribution in [3.63, 3.8) is 0 Å². The number of nitrogens with one attached hydrogen (secondary N) is 8. The number of thiazole rings is 1. The van der Waals surface area contributed by atoms with Crippen LogP contribution in [0.15, 0.2) is 53.9 Å². The zero-order valence-corrected chi connectivity index (χ0v) is 73.3. The molecule has 0 aliphatic carbocycles. The summed E-state index contributed by atoms with van der Waals surface area (Å²) >= 11 is 1.34. The van der Waals surface area contributed by atoms with Gasteiger partial charge in [0.15, 0.2) is 18.3 Å². The summed E-state index contributed by atoms with van der Waals surface area (Å²) in [5.74, 6) is -13.3. The maximum absolute atomic E-state index is 14.8. The molecule has 122 heavy (non-hydrogen) atoms. The number of ketones is 2. The Hall–Kier alpha value is -10.6. The van der Waals surface area contributed by atoms with E-state index in [4.69, 9.17) is 29.2 Å². The highest BCUT2D eigenvalue weighted by molar-refractivity contribution is 8.76. The molecule has 14 N–H and O–H groups in total. The molecule has 9 amide bonds. The average Bonchev–Trinajstić information content (AvgIpc) is 1.12. The predicted molar refractivity (Wildman–Crippen MR) is 450 cm³/mol. The van der Waals surface area contributed by atoms with E-state index < -0.39 is 133 Å². The number of hydrogen-bond donors (Lipinski definition) is 14. The lowest BCUT2D eigenvalue weighted by Gasteiger charge is -2.39. The molecule has 0 bridgehead atoms. The predicted octanol–water partition coefficient (Wildman–Crippen LogP) is 6.86. The number of unbranched alkanes of at least 4 members (excludes halogenated alkanes) is 1. The van der Waals surface area contributed by atoms with E-state index in [1.165, 1.54) is 32.9 Å². The standard InChI is InChI=1S/C46H71N5O9S.C35H50N6O15S2.CO2/c1-10-15-41(54)60-28-51(46(58)36(30(6)11-2)25-40(53)38-16-13-14-21-50(38)9)39(29(4)5)23-32(8)45-49-37(27-61-45)44(57)48-34(24-33-17-19-35(52)20-18-33)22-31(7)43(56)47-26-42(55)59-12-3;1-2-57-58-19-25(33(53)54)40-31(50)22(16-29(46)47)15-26(42)24(17-30(48)49)39-27(43)14-20-8-10-21(11-9-20)18-38-34(55)36-12-4-3-6-23(32(51)52)41-35(56)37-13-5-7-28(44)45;2-1-3/h17-20,27,29-32,34,36,38-39,52H,10-16,21-26,28H2,1-9H3,(H,47,56)(H,48,57);8-11,22-25H,2-7,12-19H2,1H3,(H,39,43)(H,40,50)(H,44,45)(H,46,47)(H,48,49)(H,51,52)(H,53,54)(H2,36,38,55)(H2,37,41,56);/t30?,31-,32+,34+,36-,38+,39+;22-,23-,24-,25-;/m00./s1. The van der Waals surface area contributed by atoms with Crippen LogP contribution < -0.4 is 42.5 Å². The number of amides is 9. The zero-order chi connectivity index (χ0) is 91.6. The lowest BCUT2D eigenvalue weighted by atomic mass is 9.82. The lowest BCUT2D eigenvalue weighted by molar-refractivity contribution is -0.192. The van der Waals surface area contributed by atoms with Crippen LogP contribution in [-0.2, 0) is 101 Å². The van der Waals surface area contributed by atoms with Crippen molar-refractivity contribution in [1.82, 2.24) is 57.3 Å². The first kappa shape index (κ1) is 108. The number of carboxylic acid groups (broad SMARTS) is 5. The van der Waals surface area contributed by atoms with Crippen LogP contribution in [0.4, 0.5) is 9.59 Å².